The van der Waals surface area contributed by atoms with Gasteiger partial charge in [-0.25, -0.2) is 0 Å². The highest BCUT2D eigenvalue weighted by atomic mass is 32.1. The van der Waals surface area contributed by atoms with E-state index in [1.165, 1.54) is 22.6 Å². The number of hydrogen-bond acceptors (Lipinski definition) is 4. The standard InChI is InChI=1S/C19H22N4O3S/c24-23(25)17-8-6-16(7-9-17)20-19(27)21-18(15-4-2-1-3-5-15)14-22-10-12-26-13-11-22/h1-9,18H,10-14H2,(H2,20,21,27)/p+1/t18-/m1/s1. The highest BCUT2D eigenvalue weighted by molar-refractivity contribution is 7.80. The molecule has 1 aliphatic heterocycles. The van der Waals surface area contributed by atoms with Crippen LogP contribution < -0.4 is 15.5 Å². The Labute approximate surface area is 163 Å². The molecule has 1 atom stereocenters. The van der Waals surface area contributed by atoms with Crippen LogP contribution in [-0.2, 0) is 4.74 Å². The summed E-state index contributed by atoms with van der Waals surface area (Å²) < 4.78 is 5.45. The van der Waals surface area contributed by atoms with Crippen LogP contribution in [0.15, 0.2) is 54.6 Å². The summed E-state index contributed by atoms with van der Waals surface area (Å²) in [5, 5.41) is 17.8. The fourth-order valence-electron chi connectivity index (χ4n) is 3.08. The number of thiocarbonyl (C=S) groups is 1. The lowest BCUT2D eigenvalue weighted by Crippen LogP contribution is -3.14. The number of non-ortho nitro benzene ring substituents is 1. The van der Waals surface area contributed by atoms with Crippen molar-refractivity contribution in [2.45, 2.75) is 6.04 Å². The van der Waals surface area contributed by atoms with Crippen LogP contribution in [-0.4, -0.2) is 42.9 Å². The molecule has 3 N–H and O–H groups in total. The van der Waals surface area contributed by atoms with E-state index in [4.69, 9.17) is 17.0 Å². The molecule has 0 unspecified atom stereocenters. The minimum absolute atomic E-state index is 0.0532. The molecule has 2 aromatic rings. The van der Waals surface area contributed by atoms with Crippen molar-refractivity contribution in [3.8, 4) is 0 Å². The molecular formula is C19H23N4O3S+. The second kappa shape index (κ2) is 9.40. The first-order valence-corrected chi connectivity index (χ1v) is 9.31. The lowest BCUT2D eigenvalue weighted by atomic mass is 10.1. The predicted molar refractivity (Wildman–Crippen MR) is 108 cm³/mol. The van der Waals surface area contributed by atoms with Crippen molar-refractivity contribution in [2.75, 3.05) is 38.2 Å². The molecule has 27 heavy (non-hydrogen) atoms. The van der Waals surface area contributed by atoms with Crippen LogP contribution in [0.1, 0.15) is 11.6 Å². The fraction of sp³-hybridized carbons (Fsp3) is 0.316. The fourth-order valence-corrected chi connectivity index (χ4v) is 3.34. The number of nitro benzene ring substituents is 1. The zero-order valence-electron chi connectivity index (χ0n) is 14.9. The Balaban J connectivity index is 1.65. The zero-order chi connectivity index (χ0) is 19.1. The van der Waals surface area contributed by atoms with Gasteiger partial charge in [-0.3, -0.25) is 10.1 Å². The van der Waals surface area contributed by atoms with E-state index >= 15 is 0 Å². The van der Waals surface area contributed by atoms with Gasteiger partial charge < -0.3 is 20.3 Å². The molecule has 8 heteroatoms. The number of rotatable bonds is 6. The van der Waals surface area contributed by atoms with E-state index in [2.05, 4.69) is 22.8 Å². The number of nitrogens with zero attached hydrogens (tertiary/aromatic N) is 1. The monoisotopic (exact) mass is 387 g/mol. The Bertz CT molecular complexity index is 764. The van der Waals surface area contributed by atoms with E-state index in [9.17, 15) is 10.1 Å². The maximum atomic E-state index is 10.8. The second-order valence-corrected chi connectivity index (χ2v) is 6.84. The summed E-state index contributed by atoms with van der Waals surface area (Å²) in [6, 6.07) is 16.5. The maximum Gasteiger partial charge on any atom is 0.269 e. The number of benzene rings is 2. The second-order valence-electron chi connectivity index (χ2n) is 6.43. The Kier molecular flexibility index (Phi) is 6.69. The van der Waals surface area contributed by atoms with Gasteiger partial charge in [-0.1, -0.05) is 30.3 Å². The largest absolute Gasteiger partial charge is 0.370 e. The molecule has 0 amide bonds. The molecule has 1 aliphatic rings. The molecule has 0 radical (unpaired) electrons. The predicted octanol–water partition coefficient (Wildman–Crippen LogP) is 1.54. The Hall–Kier alpha value is -2.55. The summed E-state index contributed by atoms with van der Waals surface area (Å²) in [7, 11) is 0. The van der Waals surface area contributed by atoms with Crippen LogP contribution in [0.2, 0.25) is 0 Å². The number of nitro groups is 1. The number of quaternary nitrogens is 1. The Morgan fingerprint density at radius 3 is 2.44 bits per heavy atom. The summed E-state index contributed by atoms with van der Waals surface area (Å²) in [5.41, 5.74) is 1.94. The highest BCUT2D eigenvalue weighted by Gasteiger charge is 2.22. The molecule has 142 valence electrons. The van der Waals surface area contributed by atoms with Gasteiger partial charge in [-0.05, 0) is 29.9 Å². The van der Waals surface area contributed by atoms with Crippen molar-refractivity contribution < 1.29 is 14.6 Å². The Morgan fingerprint density at radius 2 is 1.81 bits per heavy atom. The minimum atomic E-state index is -0.420. The lowest BCUT2D eigenvalue weighted by Gasteiger charge is -2.29. The van der Waals surface area contributed by atoms with Gasteiger partial charge in [0.05, 0.1) is 18.1 Å². The smallest absolute Gasteiger partial charge is 0.269 e. The van der Waals surface area contributed by atoms with Gasteiger partial charge in [0.1, 0.15) is 25.7 Å². The van der Waals surface area contributed by atoms with E-state index in [0.29, 0.717) is 10.8 Å². The van der Waals surface area contributed by atoms with Gasteiger partial charge >= 0.3 is 0 Å². The summed E-state index contributed by atoms with van der Waals surface area (Å²) in [5.74, 6) is 0. The van der Waals surface area contributed by atoms with Crippen LogP contribution in [0.3, 0.4) is 0 Å². The normalized spacial score (nSPS) is 15.7. The van der Waals surface area contributed by atoms with E-state index in [1.807, 2.05) is 18.2 Å². The Morgan fingerprint density at radius 1 is 1.15 bits per heavy atom. The van der Waals surface area contributed by atoms with Crippen molar-refractivity contribution in [3.63, 3.8) is 0 Å². The molecule has 1 heterocycles. The molecule has 0 saturated carbocycles. The summed E-state index contributed by atoms with van der Waals surface area (Å²) in [6.07, 6.45) is 0. The minimum Gasteiger partial charge on any atom is -0.370 e. The van der Waals surface area contributed by atoms with Gasteiger partial charge in [-0.2, -0.15) is 0 Å². The number of nitrogens with one attached hydrogen (secondary N) is 3. The van der Waals surface area contributed by atoms with Crippen molar-refractivity contribution >= 4 is 28.7 Å². The number of morpholine rings is 1. The van der Waals surface area contributed by atoms with Gasteiger partial charge in [0.15, 0.2) is 5.11 Å². The molecule has 0 aliphatic carbocycles. The number of anilines is 1. The van der Waals surface area contributed by atoms with Gasteiger partial charge in [0.25, 0.3) is 5.69 Å². The lowest BCUT2D eigenvalue weighted by molar-refractivity contribution is -0.909. The van der Waals surface area contributed by atoms with Gasteiger partial charge in [0.2, 0.25) is 0 Å². The first-order valence-electron chi connectivity index (χ1n) is 8.90. The zero-order valence-corrected chi connectivity index (χ0v) is 15.7. The topological polar surface area (TPSA) is 80.9 Å². The molecule has 7 nitrogen and oxygen atoms in total. The van der Waals surface area contributed by atoms with Crippen LogP contribution in [0.5, 0.6) is 0 Å². The third-order valence-electron chi connectivity index (χ3n) is 4.54. The summed E-state index contributed by atoms with van der Waals surface area (Å²) >= 11 is 5.47. The first kappa shape index (κ1) is 19.2. The van der Waals surface area contributed by atoms with Crippen molar-refractivity contribution in [3.05, 3.63) is 70.3 Å². The highest BCUT2D eigenvalue weighted by Crippen LogP contribution is 2.16. The van der Waals surface area contributed by atoms with Crippen LogP contribution in [0.4, 0.5) is 11.4 Å². The van der Waals surface area contributed by atoms with E-state index in [0.717, 1.165) is 32.8 Å². The molecule has 1 saturated heterocycles. The molecule has 2 aromatic carbocycles. The average Bonchev–Trinajstić information content (AvgIpc) is 2.69. The van der Waals surface area contributed by atoms with E-state index in [1.54, 1.807) is 12.1 Å². The maximum absolute atomic E-state index is 10.8. The molecule has 0 spiro atoms. The number of ether oxygens (including phenoxy) is 1. The van der Waals surface area contributed by atoms with Crippen molar-refractivity contribution in [2.24, 2.45) is 0 Å². The molecule has 0 bridgehead atoms. The molecule has 3 rings (SSSR count). The molecule has 0 aromatic heterocycles. The molecular weight excluding hydrogens is 364 g/mol. The number of hydrogen-bond donors (Lipinski definition) is 3. The first-order chi connectivity index (χ1) is 13.1. The SMILES string of the molecule is O=[N+]([O-])c1ccc(NC(=S)N[C@H](C[NH+]2CCOCC2)c2ccccc2)cc1. The third-order valence-corrected chi connectivity index (χ3v) is 4.76. The third kappa shape index (κ3) is 5.72. The van der Waals surface area contributed by atoms with E-state index < -0.39 is 4.92 Å². The van der Waals surface area contributed by atoms with Crippen LogP contribution in [0, 0.1) is 10.1 Å². The summed E-state index contributed by atoms with van der Waals surface area (Å²) in [4.78, 5) is 11.8. The average molecular weight is 387 g/mol. The van der Waals surface area contributed by atoms with Crippen molar-refractivity contribution in [1.82, 2.24) is 5.32 Å². The quantitative estimate of drug-likeness (QED) is 0.396. The van der Waals surface area contributed by atoms with E-state index in [-0.39, 0.29) is 11.7 Å². The van der Waals surface area contributed by atoms with Crippen LogP contribution in [0.25, 0.3) is 0 Å². The summed E-state index contributed by atoms with van der Waals surface area (Å²) in [6.45, 7) is 4.42. The van der Waals surface area contributed by atoms with Gasteiger partial charge in [-0.15, -0.1) is 0 Å². The van der Waals surface area contributed by atoms with Gasteiger partial charge in [0, 0.05) is 17.8 Å². The van der Waals surface area contributed by atoms with Crippen molar-refractivity contribution in [1.29, 1.82) is 0 Å². The van der Waals surface area contributed by atoms with Crippen LogP contribution >= 0.6 is 12.2 Å². The molecule has 1 fully saturated rings.